The van der Waals surface area contributed by atoms with Crippen LogP contribution >= 0.6 is 11.3 Å². The number of hydrogen-bond donors (Lipinski definition) is 2. The van der Waals surface area contributed by atoms with E-state index in [9.17, 15) is 9.90 Å². The van der Waals surface area contributed by atoms with Gasteiger partial charge in [-0.1, -0.05) is 12.1 Å². The molecule has 2 N–H and O–H groups in total. The van der Waals surface area contributed by atoms with Gasteiger partial charge in [0.05, 0.1) is 30.4 Å². The molecule has 2 heterocycles. The smallest absolute Gasteiger partial charge is 0.267 e. The van der Waals surface area contributed by atoms with Crippen LogP contribution in [0.25, 0.3) is 22.0 Å². The summed E-state index contributed by atoms with van der Waals surface area (Å²) in [6, 6.07) is 14.3. The predicted molar refractivity (Wildman–Crippen MR) is 121 cm³/mol. The number of nitrogens with one attached hydrogen (secondary N) is 1. The highest BCUT2D eigenvalue weighted by molar-refractivity contribution is 7.17. The molecule has 0 spiro atoms. The van der Waals surface area contributed by atoms with Crippen LogP contribution < -0.4 is 10.1 Å². The fourth-order valence-corrected chi connectivity index (χ4v) is 3.93. The van der Waals surface area contributed by atoms with Gasteiger partial charge in [0, 0.05) is 11.1 Å². The van der Waals surface area contributed by atoms with Gasteiger partial charge in [0.1, 0.15) is 21.4 Å². The Morgan fingerprint density at radius 3 is 2.52 bits per heavy atom. The largest absolute Gasteiger partial charge is 0.508 e. The average Bonchev–Trinajstić information content (AvgIpc) is 3.17. The summed E-state index contributed by atoms with van der Waals surface area (Å²) in [6.45, 7) is 4.36. The number of anilines is 1. The standard InChI is InChI=1S/C23H20N4O3S/c1-3-30-19-9-7-15(8-10-19)23-26-14(2)20(31-23)22(29)27-17-12-24-21(25-13-17)16-5-4-6-18(28)11-16/h4-13,28H,3H2,1-2H3,(H,27,29). The van der Waals surface area contributed by atoms with Crippen molar-refractivity contribution in [2.75, 3.05) is 11.9 Å². The Hall–Kier alpha value is -3.78. The summed E-state index contributed by atoms with van der Waals surface area (Å²) < 4.78 is 5.47. The highest BCUT2D eigenvalue weighted by Crippen LogP contribution is 2.30. The van der Waals surface area contributed by atoms with E-state index in [0.717, 1.165) is 16.3 Å². The Bertz CT molecular complexity index is 1200. The van der Waals surface area contributed by atoms with Crippen LogP contribution in [0.5, 0.6) is 11.5 Å². The minimum absolute atomic E-state index is 0.141. The highest BCUT2D eigenvalue weighted by atomic mass is 32.1. The number of carbonyl (C=O) groups is 1. The number of carbonyl (C=O) groups excluding carboxylic acids is 1. The van der Waals surface area contributed by atoms with E-state index >= 15 is 0 Å². The second-order valence-corrected chi connectivity index (χ2v) is 7.69. The maximum atomic E-state index is 12.8. The number of aryl methyl sites for hydroxylation is 1. The van der Waals surface area contributed by atoms with Gasteiger partial charge in [0.25, 0.3) is 5.91 Å². The minimum atomic E-state index is -0.263. The molecular weight excluding hydrogens is 412 g/mol. The second kappa shape index (κ2) is 8.93. The lowest BCUT2D eigenvalue weighted by Crippen LogP contribution is -2.12. The molecule has 31 heavy (non-hydrogen) atoms. The van der Waals surface area contributed by atoms with Crippen molar-refractivity contribution in [3.63, 3.8) is 0 Å². The van der Waals surface area contributed by atoms with Crippen molar-refractivity contribution in [1.29, 1.82) is 0 Å². The lowest BCUT2D eigenvalue weighted by Gasteiger charge is -2.05. The number of amides is 1. The first-order chi connectivity index (χ1) is 15.0. The maximum Gasteiger partial charge on any atom is 0.267 e. The van der Waals surface area contributed by atoms with Crippen molar-refractivity contribution >= 4 is 22.9 Å². The van der Waals surface area contributed by atoms with Crippen molar-refractivity contribution < 1.29 is 14.6 Å². The molecule has 0 atom stereocenters. The molecule has 4 aromatic rings. The summed E-state index contributed by atoms with van der Waals surface area (Å²) in [7, 11) is 0. The first kappa shape index (κ1) is 20.5. The van der Waals surface area contributed by atoms with Crippen LogP contribution in [0, 0.1) is 6.92 Å². The Balaban J connectivity index is 1.48. The molecule has 0 saturated carbocycles. The molecule has 8 heteroatoms. The quantitative estimate of drug-likeness (QED) is 0.448. The molecule has 156 valence electrons. The van der Waals surface area contributed by atoms with Gasteiger partial charge in [0.2, 0.25) is 0 Å². The lowest BCUT2D eigenvalue weighted by molar-refractivity contribution is 0.102. The summed E-state index contributed by atoms with van der Waals surface area (Å²) in [4.78, 5) is 26.4. The van der Waals surface area contributed by atoms with E-state index in [1.54, 1.807) is 24.3 Å². The number of aromatic nitrogens is 3. The van der Waals surface area contributed by atoms with E-state index in [1.807, 2.05) is 38.1 Å². The van der Waals surface area contributed by atoms with E-state index < -0.39 is 0 Å². The first-order valence-electron chi connectivity index (χ1n) is 9.67. The fourth-order valence-electron chi connectivity index (χ4n) is 2.97. The molecule has 1 amide bonds. The number of phenolic OH excluding ortho intramolecular Hbond substituents is 1. The number of phenols is 1. The number of ether oxygens (including phenoxy) is 1. The summed E-state index contributed by atoms with van der Waals surface area (Å²) in [6.07, 6.45) is 3.07. The van der Waals surface area contributed by atoms with Crippen molar-refractivity contribution in [2.45, 2.75) is 13.8 Å². The lowest BCUT2D eigenvalue weighted by atomic mass is 10.2. The first-order valence-corrected chi connectivity index (χ1v) is 10.5. The molecule has 2 aromatic heterocycles. The van der Waals surface area contributed by atoms with Crippen LogP contribution in [-0.2, 0) is 0 Å². The zero-order valence-corrected chi connectivity index (χ0v) is 17.8. The number of nitrogens with zero attached hydrogens (tertiary/aromatic N) is 3. The monoisotopic (exact) mass is 432 g/mol. The maximum absolute atomic E-state index is 12.8. The van der Waals surface area contributed by atoms with E-state index in [0.29, 0.717) is 34.3 Å². The molecule has 0 saturated heterocycles. The number of rotatable bonds is 6. The molecule has 0 fully saturated rings. The van der Waals surface area contributed by atoms with E-state index in [4.69, 9.17) is 4.74 Å². The van der Waals surface area contributed by atoms with Crippen LogP contribution in [-0.4, -0.2) is 32.6 Å². The third-order valence-corrected chi connectivity index (χ3v) is 5.63. The summed E-state index contributed by atoms with van der Waals surface area (Å²) in [5.41, 5.74) is 2.75. The van der Waals surface area contributed by atoms with Gasteiger partial charge in [-0.3, -0.25) is 4.79 Å². The normalized spacial score (nSPS) is 10.6. The molecule has 0 radical (unpaired) electrons. The zero-order chi connectivity index (χ0) is 21.8. The Morgan fingerprint density at radius 1 is 1.10 bits per heavy atom. The van der Waals surface area contributed by atoms with Crippen molar-refractivity contribution in [3.8, 4) is 33.5 Å². The molecule has 2 aromatic carbocycles. The van der Waals surface area contributed by atoms with Gasteiger partial charge in [-0.15, -0.1) is 11.3 Å². The van der Waals surface area contributed by atoms with Crippen LogP contribution in [0.2, 0.25) is 0 Å². The molecule has 4 rings (SSSR count). The van der Waals surface area contributed by atoms with Crippen molar-refractivity contribution in [1.82, 2.24) is 15.0 Å². The van der Waals surface area contributed by atoms with Crippen LogP contribution in [0.1, 0.15) is 22.3 Å². The molecule has 0 bridgehead atoms. The Morgan fingerprint density at radius 2 is 1.84 bits per heavy atom. The van der Waals surface area contributed by atoms with E-state index in [2.05, 4.69) is 20.3 Å². The summed E-state index contributed by atoms with van der Waals surface area (Å²) in [5.74, 6) is 1.13. The van der Waals surface area contributed by atoms with Crippen molar-refractivity contribution in [3.05, 3.63) is 71.5 Å². The topological polar surface area (TPSA) is 97.2 Å². The predicted octanol–water partition coefficient (Wildman–Crippen LogP) is 4.93. The van der Waals surface area contributed by atoms with Gasteiger partial charge in [0.15, 0.2) is 5.82 Å². The molecule has 0 unspecified atom stereocenters. The number of benzene rings is 2. The SMILES string of the molecule is CCOc1ccc(-c2nc(C)c(C(=O)Nc3cnc(-c4cccc(O)c4)nc3)s2)cc1. The van der Waals surface area contributed by atoms with E-state index in [-0.39, 0.29) is 11.7 Å². The third-order valence-electron chi connectivity index (χ3n) is 4.43. The van der Waals surface area contributed by atoms with Crippen molar-refractivity contribution in [2.24, 2.45) is 0 Å². The van der Waals surface area contributed by atoms with Crippen LogP contribution in [0.3, 0.4) is 0 Å². The fraction of sp³-hybridized carbons (Fsp3) is 0.130. The number of aromatic hydroxyl groups is 1. The van der Waals surface area contributed by atoms with Crippen LogP contribution in [0.15, 0.2) is 60.9 Å². The Kier molecular flexibility index (Phi) is 5.90. The summed E-state index contributed by atoms with van der Waals surface area (Å²) in [5, 5.41) is 13.2. The Labute approximate surface area is 183 Å². The highest BCUT2D eigenvalue weighted by Gasteiger charge is 2.17. The molecule has 0 aliphatic rings. The van der Waals surface area contributed by atoms with Gasteiger partial charge in [-0.25, -0.2) is 15.0 Å². The van der Waals surface area contributed by atoms with E-state index in [1.165, 1.54) is 23.7 Å². The molecule has 0 aliphatic carbocycles. The number of hydrogen-bond acceptors (Lipinski definition) is 7. The van der Waals surface area contributed by atoms with Gasteiger partial charge in [-0.2, -0.15) is 0 Å². The third kappa shape index (κ3) is 4.70. The van der Waals surface area contributed by atoms with Crippen LogP contribution in [0.4, 0.5) is 5.69 Å². The van der Waals surface area contributed by atoms with Gasteiger partial charge >= 0.3 is 0 Å². The van der Waals surface area contributed by atoms with Gasteiger partial charge in [-0.05, 0) is 50.2 Å². The average molecular weight is 433 g/mol. The zero-order valence-electron chi connectivity index (χ0n) is 17.0. The molecular formula is C23H20N4O3S. The van der Waals surface area contributed by atoms with Gasteiger partial charge < -0.3 is 15.2 Å². The minimum Gasteiger partial charge on any atom is -0.508 e. The summed E-state index contributed by atoms with van der Waals surface area (Å²) >= 11 is 1.33. The second-order valence-electron chi connectivity index (χ2n) is 6.69. The molecule has 0 aliphatic heterocycles. The molecule has 7 nitrogen and oxygen atoms in total. The number of thiazole rings is 1.